The number of hydrogen-bond donors (Lipinski definition) is 1. The van der Waals surface area contributed by atoms with Crippen molar-refractivity contribution in [3.8, 4) is 0 Å². The maximum absolute atomic E-state index is 5.55. The predicted molar refractivity (Wildman–Crippen MR) is 60.2 cm³/mol. The van der Waals surface area contributed by atoms with Crippen molar-refractivity contribution in [1.82, 2.24) is 0 Å². The van der Waals surface area contributed by atoms with Gasteiger partial charge in [-0.25, -0.2) is 0 Å². The van der Waals surface area contributed by atoms with E-state index < -0.39 is 0 Å². The molecule has 2 heteroatoms. The molecule has 72 valence electrons. The largest absolute Gasteiger partial charge is 0.330 e. The van der Waals surface area contributed by atoms with E-state index in [-0.39, 0.29) is 0 Å². The van der Waals surface area contributed by atoms with Gasteiger partial charge in [0, 0.05) is 4.90 Å². The number of benzene rings is 1. The molecule has 0 saturated carbocycles. The average Bonchev–Trinajstić information content (AvgIpc) is 2.17. The molecular weight excluding hydrogens is 178 g/mol. The molecule has 0 bridgehead atoms. The maximum atomic E-state index is 5.55. The molecule has 0 atom stereocenters. The van der Waals surface area contributed by atoms with Crippen molar-refractivity contribution in [2.75, 3.05) is 12.3 Å². The molecule has 0 heterocycles. The predicted octanol–water partition coefficient (Wildman–Crippen LogP) is 2.69. The second kappa shape index (κ2) is 6.06. The second-order valence-electron chi connectivity index (χ2n) is 2.99. The van der Waals surface area contributed by atoms with Gasteiger partial charge in [0.05, 0.1) is 0 Å². The topological polar surface area (TPSA) is 26.0 Å². The Morgan fingerprint density at radius 1 is 1.31 bits per heavy atom. The molecule has 0 unspecified atom stereocenters. The second-order valence-corrected chi connectivity index (χ2v) is 4.13. The highest BCUT2D eigenvalue weighted by Gasteiger charge is 1.99. The Labute approximate surface area is 84.7 Å². The first-order chi connectivity index (χ1) is 6.38. The third-order valence-corrected chi connectivity index (χ3v) is 3.17. The summed E-state index contributed by atoms with van der Waals surface area (Å²) in [4.78, 5) is 1.40. The van der Waals surface area contributed by atoms with Gasteiger partial charge in [0.1, 0.15) is 0 Å². The Hall–Kier alpha value is -0.470. The molecule has 1 aromatic carbocycles. The highest BCUT2D eigenvalue weighted by Crippen LogP contribution is 2.23. The summed E-state index contributed by atoms with van der Waals surface area (Å²) >= 11 is 1.93. The van der Waals surface area contributed by atoms with Crippen molar-refractivity contribution in [3.63, 3.8) is 0 Å². The van der Waals surface area contributed by atoms with E-state index in [4.69, 9.17) is 5.73 Å². The molecule has 0 aliphatic carbocycles. The zero-order valence-electron chi connectivity index (χ0n) is 8.12. The Kier molecular flexibility index (Phi) is 4.94. The lowest BCUT2D eigenvalue weighted by atomic mass is 10.1. The lowest BCUT2D eigenvalue weighted by Crippen LogP contribution is -2.03. The fraction of sp³-hybridized carbons (Fsp3) is 0.455. The van der Waals surface area contributed by atoms with E-state index in [1.54, 1.807) is 0 Å². The van der Waals surface area contributed by atoms with Crippen LogP contribution in [0.2, 0.25) is 0 Å². The van der Waals surface area contributed by atoms with Crippen LogP contribution in [0.15, 0.2) is 29.2 Å². The Bertz CT molecular complexity index is 248. The highest BCUT2D eigenvalue weighted by atomic mass is 32.2. The van der Waals surface area contributed by atoms with Gasteiger partial charge in [0.2, 0.25) is 0 Å². The van der Waals surface area contributed by atoms with Crippen LogP contribution in [-0.2, 0) is 6.42 Å². The van der Waals surface area contributed by atoms with E-state index in [1.165, 1.54) is 22.6 Å². The average molecular weight is 195 g/mol. The van der Waals surface area contributed by atoms with Crippen LogP contribution in [0.5, 0.6) is 0 Å². The Morgan fingerprint density at radius 2 is 2.08 bits per heavy atom. The highest BCUT2D eigenvalue weighted by molar-refractivity contribution is 7.99. The Balaban J connectivity index is 2.66. The SMILES string of the molecule is CCCSc1ccccc1CCN. The summed E-state index contributed by atoms with van der Waals surface area (Å²) in [6, 6.07) is 8.54. The summed E-state index contributed by atoms with van der Waals surface area (Å²) in [7, 11) is 0. The van der Waals surface area contributed by atoms with E-state index >= 15 is 0 Å². The zero-order valence-corrected chi connectivity index (χ0v) is 8.94. The molecule has 1 nitrogen and oxygen atoms in total. The van der Waals surface area contributed by atoms with Gasteiger partial charge in [-0.05, 0) is 36.8 Å². The Morgan fingerprint density at radius 3 is 2.77 bits per heavy atom. The summed E-state index contributed by atoms with van der Waals surface area (Å²) in [6.45, 7) is 2.95. The van der Waals surface area contributed by atoms with Crippen molar-refractivity contribution in [2.24, 2.45) is 5.73 Å². The summed E-state index contributed by atoms with van der Waals surface area (Å²) in [5.74, 6) is 1.20. The molecule has 0 aliphatic rings. The lowest BCUT2D eigenvalue weighted by Gasteiger charge is -2.06. The van der Waals surface area contributed by atoms with E-state index in [2.05, 4.69) is 31.2 Å². The fourth-order valence-electron chi connectivity index (χ4n) is 1.22. The van der Waals surface area contributed by atoms with Crippen LogP contribution in [0.1, 0.15) is 18.9 Å². The minimum atomic E-state index is 0.740. The van der Waals surface area contributed by atoms with E-state index in [0.717, 1.165) is 13.0 Å². The third-order valence-electron chi connectivity index (χ3n) is 1.85. The number of nitrogens with two attached hydrogens (primary N) is 1. The standard InChI is InChI=1S/C11H17NS/c1-2-9-13-11-6-4-3-5-10(11)7-8-12/h3-6H,2,7-9,12H2,1H3. The number of thioether (sulfide) groups is 1. The molecular formula is C11H17NS. The molecule has 0 amide bonds. The van der Waals surface area contributed by atoms with Crippen LogP contribution in [0, 0.1) is 0 Å². The van der Waals surface area contributed by atoms with Crippen LogP contribution < -0.4 is 5.73 Å². The van der Waals surface area contributed by atoms with Gasteiger partial charge in [-0.2, -0.15) is 0 Å². The molecule has 0 radical (unpaired) electrons. The lowest BCUT2D eigenvalue weighted by molar-refractivity contribution is 0.944. The van der Waals surface area contributed by atoms with Gasteiger partial charge < -0.3 is 5.73 Å². The summed E-state index contributed by atoms with van der Waals surface area (Å²) in [5.41, 5.74) is 6.94. The fourth-order valence-corrected chi connectivity index (χ4v) is 2.17. The van der Waals surface area contributed by atoms with E-state index in [1.807, 2.05) is 11.8 Å². The molecule has 0 fully saturated rings. The first-order valence-electron chi connectivity index (χ1n) is 4.79. The van der Waals surface area contributed by atoms with Crippen LogP contribution in [-0.4, -0.2) is 12.3 Å². The molecule has 0 spiro atoms. The summed E-state index contributed by atoms with van der Waals surface area (Å²) in [5, 5.41) is 0. The number of rotatable bonds is 5. The monoisotopic (exact) mass is 195 g/mol. The van der Waals surface area contributed by atoms with Crippen molar-refractivity contribution in [2.45, 2.75) is 24.7 Å². The molecule has 2 N–H and O–H groups in total. The summed E-state index contributed by atoms with van der Waals surface area (Å²) < 4.78 is 0. The molecule has 0 aliphatic heterocycles. The van der Waals surface area contributed by atoms with Crippen LogP contribution >= 0.6 is 11.8 Å². The van der Waals surface area contributed by atoms with E-state index in [9.17, 15) is 0 Å². The molecule has 0 aromatic heterocycles. The van der Waals surface area contributed by atoms with Crippen LogP contribution in [0.25, 0.3) is 0 Å². The zero-order chi connectivity index (χ0) is 9.52. The summed E-state index contributed by atoms with van der Waals surface area (Å²) in [6.07, 6.45) is 2.22. The smallest absolute Gasteiger partial charge is 0.0104 e. The van der Waals surface area contributed by atoms with Crippen molar-refractivity contribution in [3.05, 3.63) is 29.8 Å². The maximum Gasteiger partial charge on any atom is 0.0104 e. The molecule has 13 heavy (non-hydrogen) atoms. The van der Waals surface area contributed by atoms with Gasteiger partial charge in [-0.1, -0.05) is 25.1 Å². The van der Waals surface area contributed by atoms with Crippen molar-refractivity contribution in [1.29, 1.82) is 0 Å². The number of hydrogen-bond acceptors (Lipinski definition) is 2. The van der Waals surface area contributed by atoms with Crippen molar-refractivity contribution < 1.29 is 0 Å². The minimum absolute atomic E-state index is 0.740. The first-order valence-corrected chi connectivity index (χ1v) is 5.77. The molecule has 1 rings (SSSR count). The van der Waals surface area contributed by atoms with E-state index in [0.29, 0.717) is 0 Å². The van der Waals surface area contributed by atoms with Crippen LogP contribution in [0.4, 0.5) is 0 Å². The van der Waals surface area contributed by atoms with Crippen molar-refractivity contribution >= 4 is 11.8 Å². The van der Waals surface area contributed by atoms with Gasteiger partial charge in [-0.15, -0.1) is 11.8 Å². The molecule has 0 saturated heterocycles. The molecule has 1 aromatic rings. The minimum Gasteiger partial charge on any atom is -0.330 e. The normalized spacial score (nSPS) is 10.3. The van der Waals surface area contributed by atoms with Gasteiger partial charge >= 0.3 is 0 Å². The first kappa shape index (κ1) is 10.6. The third kappa shape index (κ3) is 3.41. The quantitative estimate of drug-likeness (QED) is 0.731. The van der Waals surface area contributed by atoms with Gasteiger partial charge in [0.15, 0.2) is 0 Å². The van der Waals surface area contributed by atoms with Gasteiger partial charge in [-0.3, -0.25) is 0 Å². The van der Waals surface area contributed by atoms with Gasteiger partial charge in [0.25, 0.3) is 0 Å². The van der Waals surface area contributed by atoms with Crippen LogP contribution in [0.3, 0.4) is 0 Å².